The van der Waals surface area contributed by atoms with Crippen molar-refractivity contribution < 1.29 is 14.3 Å². The number of carbonyl (C=O) groups is 1. The Morgan fingerprint density at radius 2 is 1.94 bits per heavy atom. The standard InChI is InChI=1S/C23H18N4O3S/c28-19(9-7-15-6-8-17-18(14-15)30-13-12-29-17)26-23-27-20(16-4-2-1-3-5-16)21(31-23)22-24-10-11-25-22/h1-11,14H,12-13H2,(H,24,25)(H,26,27,28)/b9-7+. The van der Waals surface area contributed by atoms with E-state index in [1.54, 1.807) is 18.5 Å². The SMILES string of the molecule is O=C(/C=C/c1ccc2c(c1)OCCO2)Nc1nc(-c2ccccc2)c(-c2ncc[nH]2)s1. The summed E-state index contributed by atoms with van der Waals surface area (Å²) in [7, 11) is 0. The number of carbonyl (C=O) groups excluding carboxylic acids is 1. The molecule has 0 radical (unpaired) electrons. The summed E-state index contributed by atoms with van der Waals surface area (Å²) in [6.45, 7) is 1.07. The Kier molecular flexibility index (Phi) is 5.20. The number of rotatable bonds is 5. The molecule has 5 rings (SSSR count). The lowest BCUT2D eigenvalue weighted by atomic mass is 10.1. The second kappa shape index (κ2) is 8.45. The molecule has 31 heavy (non-hydrogen) atoms. The molecule has 0 saturated heterocycles. The van der Waals surface area contributed by atoms with Crippen molar-refractivity contribution in [3.8, 4) is 33.5 Å². The van der Waals surface area contributed by atoms with Crippen LogP contribution in [0.3, 0.4) is 0 Å². The van der Waals surface area contributed by atoms with Crippen molar-refractivity contribution in [3.63, 3.8) is 0 Å². The maximum Gasteiger partial charge on any atom is 0.250 e. The van der Waals surface area contributed by atoms with Gasteiger partial charge in [0.1, 0.15) is 19.0 Å². The van der Waals surface area contributed by atoms with Gasteiger partial charge in [0.25, 0.3) is 0 Å². The molecule has 1 aliphatic heterocycles. The van der Waals surface area contributed by atoms with Crippen LogP contribution in [0, 0.1) is 0 Å². The first-order valence-corrected chi connectivity index (χ1v) is 10.5. The van der Waals surface area contributed by atoms with Crippen LogP contribution in [0.25, 0.3) is 28.0 Å². The highest BCUT2D eigenvalue weighted by Crippen LogP contribution is 2.37. The van der Waals surface area contributed by atoms with Gasteiger partial charge in [-0.3, -0.25) is 10.1 Å². The summed E-state index contributed by atoms with van der Waals surface area (Å²) >= 11 is 1.37. The lowest BCUT2D eigenvalue weighted by Crippen LogP contribution is -2.15. The zero-order valence-electron chi connectivity index (χ0n) is 16.4. The monoisotopic (exact) mass is 430 g/mol. The van der Waals surface area contributed by atoms with Gasteiger partial charge in [-0.25, -0.2) is 9.97 Å². The number of H-pyrrole nitrogens is 1. The van der Waals surface area contributed by atoms with Gasteiger partial charge in [0, 0.05) is 24.0 Å². The van der Waals surface area contributed by atoms with Crippen LogP contribution in [0.1, 0.15) is 5.56 Å². The average Bonchev–Trinajstić information content (AvgIpc) is 3.48. The molecule has 0 unspecified atom stereocenters. The number of anilines is 1. The minimum absolute atomic E-state index is 0.269. The van der Waals surface area contributed by atoms with Crippen LogP contribution < -0.4 is 14.8 Å². The van der Waals surface area contributed by atoms with Gasteiger partial charge in [-0.1, -0.05) is 47.7 Å². The molecule has 2 N–H and O–H groups in total. The number of aromatic nitrogens is 3. The summed E-state index contributed by atoms with van der Waals surface area (Å²) in [5.74, 6) is 1.84. The first kappa shape index (κ1) is 19.1. The van der Waals surface area contributed by atoms with Gasteiger partial charge in [-0.15, -0.1) is 0 Å². The number of imidazole rings is 1. The summed E-state index contributed by atoms with van der Waals surface area (Å²) in [4.78, 5) is 25.5. The molecule has 2 aromatic heterocycles. The van der Waals surface area contributed by atoms with Gasteiger partial charge in [0.05, 0.1) is 10.6 Å². The van der Waals surface area contributed by atoms with E-state index in [2.05, 4.69) is 20.3 Å². The molecule has 4 aromatic rings. The Morgan fingerprint density at radius 1 is 1.10 bits per heavy atom. The number of aromatic amines is 1. The van der Waals surface area contributed by atoms with Crippen molar-refractivity contribution in [2.45, 2.75) is 0 Å². The summed E-state index contributed by atoms with van der Waals surface area (Å²) in [5, 5.41) is 3.35. The van der Waals surface area contributed by atoms with E-state index in [1.165, 1.54) is 17.4 Å². The van der Waals surface area contributed by atoms with E-state index in [1.807, 2.05) is 48.5 Å². The quantitative estimate of drug-likeness (QED) is 0.451. The summed E-state index contributed by atoms with van der Waals surface area (Å²) in [6.07, 6.45) is 6.66. The minimum atomic E-state index is -0.269. The van der Waals surface area contributed by atoms with Crippen LogP contribution in [-0.4, -0.2) is 34.1 Å². The Labute approximate surface area is 182 Å². The molecular formula is C23H18N4O3S. The van der Waals surface area contributed by atoms with Crippen LogP contribution in [0.2, 0.25) is 0 Å². The van der Waals surface area contributed by atoms with E-state index in [0.717, 1.165) is 27.4 Å². The van der Waals surface area contributed by atoms with Gasteiger partial charge in [0.2, 0.25) is 5.91 Å². The van der Waals surface area contributed by atoms with Gasteiger partial charge in [-0.2, -0.15) is 0 Å². The molecule has 2 aromatic carbocycles. The van der Waals surface area contributed by atoms with Gasteiger partial charge in [-0.05, 0) is 23.8 Å². The fourth-order valence-electron chi connectivity index (χ4n) is 3.20. The van der Waals surface area contributed by atoms with Crippen molar-refractivity contribution in [3.05, 3.63) is 72.6 Å². The van der Waals surface area contributed by atoms with Crippen LogP contribution in [0.5, 0.6) is 11.5 Å². The summed E-state index contributed by atoms with van der Waals surface area (Å²) in [6, 6.07) is 15.4. The number of hydrogen-bond acceptors (Lipinski definition) is 6. The smallest absolute Gasteiger partial charge is 0.250 e. The highest BCUT2D eigenvalue weighted by atomic mass is 32.1. The number of fused-ring (bicyclic) bond motifs is 1. The molecule has 0 spiro atoms. The Morgan fingerprint density at radius 3 is 2.74 bits per heavy atom. The molecule has 3 heterocycles. The Hall–Kier alpha value is -3.91. The molecular weight excluding hydrogens is 412 g/mol. The zero-order chi connectivity index (χ0) is 21.0. The number of thiazole rings is 1. The van der Waals surface area contributed by atoms with Crippen LogP contribution in [0.15, 0.2) is 67.0 Å². The molecule has 1 amide bonds. The Balaban J connectivity index is 1.36. The molecule has 0 bridgehead atoms. The van der Waals surface area contributed by atoms with E-state index in [-0.39, 0.29) is 5.91 Å². The lowest BCUT2D eigenvalue weighted by Gasteiger charge is -2.18. The number of amides is 1. The molecule has 0 aliphatic carbocycles. The number of benzene rings is 2. The molecule has 0 saturated carbocycles. The van der Waals surface area contributed by atoms with E-state index in [4.69, 9.17) is 9.47 Å². The van der Waals surface area contributed by atoms with Gasteiger partial charge in [0.15, 0.2) is 16.6 Å². The fourth-order valence-corrected chi connectivity index (χ4v) is 4.15. The van der Waals surface area contributed by atoms with Gasteiger partial charge >= 0.3 is 0 Å². The number of nitrogens with zero attached hydrogens (tertiary/aromatic N) is 2. The molecule has 1 aliphatic rings. The first-order chi connectivity index (χ1) is 15.3. The predicted molar refractivity (Wildman–Crippen MR) is 120 cm³/mol. The lowest BCUT2D eigenvalue weighted by molar-refractivity contribution is -0.111. The molecule has 7 nitrogen and oxygen atoms in total. The van der Waals surface area contributed by atoms with Crippen LogP contribution >= 0.6 is 11.3 Å². The highest BCUT2D eigenvalue weighted by molar-refractivity contribution is 7.19. The summed E-state index contributed by atoms with van der Waals surface area (Å²) in [5.41, 5.74) is 2.57. The molecule has 8 heteroatoms. The maximum absolute atomic E-state index is 12.5. The van der Waals surface area contributed by atoms with Crippen molar-refractivity contribution >= 4 is 28.5 Å². The van der Waals surface area contributed by atoms with Crippen molar-refractivity contribution in [1.82, 2.24) is 15.0 Å². The topological polar surface area (TPSA) is 89.1 Å². The largest absolute Gasteiger partial charge is 0.486 e. The Bertz CT molecular complexity index is 1230. The maximum atomic E-state index is 12.5. The van der Waals surface area contributed by atoms with Crippen LogP contribution in [0.4, 0.5) is 5.13 Å². The zero-order valence-corrected chi connectivity index (χ0v) is 17.2. The number of nitrogens with one attached hydrogen (secondary N) is 2. The molecule has 0 fully saturated rings. The molecule has 154 valence electrons. The summed E-state index contributed by atoms with van der Waals surface area (Å²) < 4.78 is 11.1. The van der Waals surface area contributed by atoms with E-state index < -0.39 is 0 Å². The van der Waals surface area contributed by atoms with Crippen molar-refractivity contribution in [2.75, 3.05) is 18.5 Å². The van der Waals surface area contributed by atoms with E-state index in [0.29, 0.717) is 29.9 Å². The number of hydrogen-bond donors (Lipinski definition) is 2. The first-order valence-electron chi connectivity index (χ1n) is 9.71. The van der Waals surface area contributed by atoms with Crippen molar-refractivity contribution in [2.24, 2.45) is 0 Å². The second-order valence-corrected chi connectivity index (χ2v) is 7.73. The second-order valence-electron chi connectivity index (χ2n) is 6.73. The normalized spacial score (nSPS) is 12.8. The van der Waals surface area contributed by atoms with Crippen LogP contribution in [-0.2, 0) is 4.79 Å². The molecule has 0 atom stereocenters. The van der Waals surface area contributed by atoms with Crippen molar-refractivity contribution in [1.29, 1.82) is 0 Å². The van der Waals surface area contributed by atoms with Gasteiger partial charge < -0.3 is 14.5 Å². The number of ether oxygens (including phenoxy) is 2. The third kappa shape index (κ3) is 4.19. The van der Waals surface area contributed by atoms with E-state index >= 15 is 0 Å². The average molecular weight is 430 g/mol. The highest BCUT2D eigenvalue weighted by Gasteiger charge is 2.17. The fraction of sp³-hybridized carbons (Fsp3) is 0.0870. The third-order valence-corrected chi connectivity index (χ3v) is 5.59. The predicted octanol–water partition coefficient (Wildman–Crippen LogP) is 4.62. The third-order valence-electron chi connectivity index (χ3n) is 4.61. The minimum Gasteiger partial charge on any atom is -0.486 e. The van der Waals surface area contributed by atoms with E-state index in [9.17, 15) is 4.79 Å².